The highest BCUT2D eigenvalue weighted by atomic mass is 32.5. The first-order valence-corrected chi connectivity index (χ1v) is 10.8. The van der Waals surface area contributed by atoms with Crippen molar-refractivity contribution in [3.05, 3.63) is 47.7 Å². The molecule has 0 radical (unpaired) electrons. The number of methoxy groups -OCH3 is 2. The fraction of sp³-hybridized carbons (Fsp3) is 0.389. The molecule has 1 aromatic carbocycles. The number of piperidine rings is 1. The summed E-state index contributed by atoms with van der Waals surface area (Å²) in [6.07, 6.45) is 0.777. The highest BCUT2D eigenvalue weighted by Gasteiger charge is 2.65. The minimum Gasteiger partial charge on any atom is -0.464 e. The van der Waals surface area contributed by atoms with Crippen molar-refractivity contribution in [2.45, 2.75) is 23.3 Å². The maximum Gasteiger partial charge on any atom is 0.358 e. The van der Waals surface area contributed by atoms with Crippen LogP contribution in [0.2, 0.25) is 0 Å². The van der Waals surface area contributed by atoms with Gasteiger partial charge < -0.3 is 14.4 Å². The molecule has 1 fully saturated rings. The fourth-order valence-electron chi connectivity index (χ4n) is 3.43. The van der Waals surface area contributed by atoms with Crippen LogP contribution in [0.15, 0.2) is 41.3 Å². The molecule has 12 heteroatoms. The standard InChI is InChI=1S/C18H20F5N3O3S/c1-28-17(27)15-7-8-16(25-24-15)26-11-9-18(29-2,10-12-26)13-3-5-14(6-4-13)30(19,20,21,22)23/h3-8H,9-12H2,1-2H3. The van der Waals surface area contributed by atoms with Crippen LogP contribution in [0.25, 0.3) is 0 Å². The Morgan fingerprint density at radius 3 is 2.00 bits per heavy atom. The normalized spacial score (nSPS) is 19.0. The Morgan fingerprint density at radius 2 is 1.57 bits per heavy atom. The van der Waals surface area contributed by atoms with Crippen molar-refractivity contribution in [3.63, 3.8) is 0 Å². The van der Waals surface area contributed by atoms with Crippen molar-refractivity contribution in [2.75, 3.05) is 32.2 Å². The molecule has 0 spiro atoms. The lowest BCUT2D eigenvalue weighted by atomic mass is 9.84. The van der Waals surface area contributed by atoms with E-state index in [1.807, 2.05) is 4.90 Å². The number of rotatable bonds is 5. The molecule has 1 aromatic heterocycles. The van der Waals surface area contributed by atoms with E-state index in [9.17, 15) is 24.2 Å². The Morgan fingerprint density at radius 1 is 0.967 bits per heavy atom. The van der Waals surface area contributed by atoms with Gasteiger partial charge in [-0.2, -0.15) is 0 Å². The SMILES string of the molecule is COC(=O)c1ccc(N2CCC(OC)(c3ccc(S(F)(F)(F)(F)F)cc3)CC2)nn1. The molecule has 2 aromatic rings. The number of halogens is 5. The van der Waals surface area contributed by atoms with Gasteiger partial charge in [-0.25, -0.2) is 4.79 Å². The van der Waals surface area contributed by atoms with Gasteiger partial charge in [0, 0.05) is 20.2 Å². The second-order valence-corrected chi connectivity index (χ2v) is 9.36. The summed E-state index contributed by atoms with van der Waals surface area (Å²) in [5, 5.41) is 7.81. The number of carbonyl (C=O) groups is 1. The number of carbonyl (C=O) groups excluding carboxylic acids is 1. The summed E-state index contributed by atoms with van der Waals surface area (Å²) in [5.74, 6) is -0.0928. The largest absolute Gasteiger partial charge is 0.464 e. The Labute approximate surface area is 169 Å². The van der Waals surface area contributed by atoms with E-state index in [2.05, 4.69) is 14.9 Å². The summed E-state index contributed by atoms with van der Waals surface area (Å²) in [4.78, 5) is 11.4. The second-order valence-electron chi connectivity index (χ2n) is 6.95. The molecule has 0 bridgehead atoms. The van der Waals surface area contributed by atoms with Crippen molar-refractivity contribution in [1.29, 1.82) is 0 Å². The zero-order valence-electron chi connectivity index (χ0n) is 16.2. The first kappa shape index (κ1) is 22.2. The molecule has 0 amide bonds. The van der Waals surface area contributed by atoms with Crippen molar-refractivity contribution in [3.8, 4) is 0 Å². The van der Waals surface area contributed by atoms with E-state index >= 15 is 0 Å². The summed E-state index contributed by atoms with van der Waals surface area (Å²) < 4.78 is 75.0. The molecule has 1 aliphatic heterocycles. The summed E-state index contributed by atoms with van der Waals surface area (Å²) in [6.45, 7) is 0.868. The maximum absolute atomic E-state index is 13.0. The molecular formula is C18H20F5N3O3S. The first-order chi connectivity index (χ1) is 13.8. The molecule has 6 nitrogen and oxygen atoms in total. The number of ether oxygens (including phenoxy) is 2. The van der Waals surface area contributed by atoms with Crippen molar-refractivity contribution in [1.82, 2.24) is 10.2 Å². The van der Waals surface area contributed by atoms with Gasteiger partial charge in [0.2, 0.25) is 0 Å². The molecule has 0 saturated carbocycles. The Balaban J connectivity index is 1.76. The lowest BCUT2D eigenvalue weighted by molar-refractivity contribution is -0.0348. The van der Waals surface area contributed by atoms with Gasteiger partial charge in [-0.1, -0.05) is 31.6 Å². The average Bonchev–Trinajstić information content (AvgIpc) is 2.72. The van der Waals surface area contributed by atoms with Crippen LogP contribution >= 0.6 is 10.2 Å². The van der Waals surface area contributed by atoms with Gasteiger partial charge in [-0.05, 0) is 42.7 Å². The smallest absolute Gasteiger partial charge is 0.358 e. The third-order valence-corrected chi connectivity index (χ3v) is 6.32. The fourth-order valence-corrected chi connectivity index (χ4v) is 4.08. The van der Waals surface area contributed by atoms with Crippen molar-refractivity contribution in [2.24, 2.45) is 0 Å². The Bertz CT molecular complexity index is 929. The van der Waals surface area contributed by atoms with Crippen LogP contribution in [-0.4, -0.2) is 43.5 Å². The van der Waals surface area contributed by atoms with Gasteiger partial charge in [0.1, 0.15) is 4.90 Å². The van der Waals surface area contributed by atoms with Crippen LogP contribution in [-0.2, 0) is 15.1 Å². The lowest BCUT2D eigenvalue weighted by Crippen LogP contribution is -2.44. The number of hydrogen-bond donors (Lipinski definition) is 0. The van der Waals surface area contributed by atoms with E-state index < -0.39 is 26.7 Å². The van der Waals surface area contributed by atoms with E-state index in [-0.39, 0.29) is 5.69 Å². The predicted molar refractivity (Wildman–Crippen MR) is 101 cm³/mol. The van der Waals surface area contributed by atoms with Gasteiger partial charge in [-0.15, -0.1) is 10.2 Å². The molecule has 0 unspecified atom stereocenters. The molecule has 166 valence electrons. The van der Waals surface area contributed by atoms with Crippen LogP contribution in [0.1, 0.15) is 28.9 Å². The van der Waals surface area contributed by atoms with Crippen molar-refractivity contribution >= 4 is 22.0 Å². The molecule has 3 rings (SSSR count). The molecular weight excluding hydrogens is 433 g/mol. The van der Waals surface area contributed by atoms with Gasteiger partial charge in [0.15, 0.2) is 11.5 Å². The highest BCUT2D eigenvalue weighted by Crippen LogP contribution is 3.02. The van der Waals surface area contributed by atoms with Crippen LogP contribution in [0.5, 0.6) is 0 Å². The quantitative estimate of drug-likeness (QED) is 0.466. The van der Waals surface area contributed by atoms with E-state index in [0.717, 1.165) is 12.1 Å². The zero-order chi connectivity index (χ0) is 22.3. The molecule has 1 saturated heterocycles. The third-order valence-electron chi connectivity index (χ3n) is 5.16. The van der Waals surface area contributed by atoms with Crippen LogP contribution in [0, 0.1) is 0 Å². The Hall–Kier alpha value is -2.47. The summed E-state index contributed by atoms with van der Waals surface area (Å²) in [5.41, 5.74) is -0.456. The molecule has 0 N–H and O–H groups in total. The zero-order valence-corrected chi connectivity index (χ0v) is 17.0. The van der Waals surface area contributed by atoms with E-state index in [0.29, 0.717) is 49.4 Å². The van der Waals surface area contributed by atoms with E-state index in [4.69, 9.17) is 4.74 Å². The van der Waals surface area contributed by atoms with Crippen molar-refractivity contribution < 1.29 is 33.7 Å². The van der Waals surface area contributed by atoms with Gasteiger partial charge in [-0.3, -0.25) is 0 Å². The van der Waals surface area contributed by atoms with Crippen LogP contribution < -0.4 is 4.90 Å². The number of benzene rings is 1. The first-order valence-electron chi connectivity index (χ1n) is 8.85. The van der Waals surface area contributed by atoms with E-state index in [1.165, 1.54) is 20.3 Å². The van der Waals surface area contributed by atoms with Gasteiger partial charge in [0.05, 0.1) is 12.7 Å². The molecule has 2 heterocycles. The molecule has 0 atom stereocenters. The minimum absolute atomic E-state index is 0.0635. The van der Waals surface area contributed by atoms with Gasteiger partial charge >= 0.3 is 16.2 Å². The lowest BCUT2D eigenvalue weighted by Gasteiger charge is -2.43. The molecule has 0 aliphatic carbocycles. The van der Waals surface area contributed by atoms with Crippen LogP contribution in [0.4, 0.5) is 25.2 Å². The third kappa shape index (κ3) is 4.48. The highest BCUT2D eigenvalue weighted by molar-refractivity contribution is 8.45. The monoisotopic (exact) mass is 453 g/mol. The number of aromatic nitrogens is 2. The van der Waals surface area contributed by atoms with E-state index in [1.54, 1.807) is 6.07 Å². The number of esters is 1. The summed E-state index contributed by atoms with van der Waals surface area (Å²) in [7, 11) is -7.06. The molecule has 1 aliphatic rings. The van der Waals surface area contributed by atoms with Gasteiger partial charge in [0.25, 0.3) is 0 Å². The topological polar surface area (TPSA) is 64.5 Å². The second kappa shape index (κ2) is 6.77. The number of nitrogens with zero attached hydrogens (tertiary/aromatic N) is 3. The predicted octanol–water partition coefficient (Wildman–Crippen LogP) is 5.06. The van der Waals surface area contributed by atoms with Crippen LogP contribution in [0.3, 0.4) is 0 Å². The number of anilines is 1. The Kier molecular flexibility index (Phi) is 5.02. The maximum atomic E-state index is 13.0. The summed E-state index contributed by atoms with van der Waals surface area (Å²) >= 11 is 0. The molecule has 30 heavy (non-hydrogen) atoms. The minimum atomic E-state index is -9.72. The summed E-state index contributed by atoms with van der Waals surface area (Å²) in [6, 6.07) is 5.98. The number of hydrogen-bond acceptors (Lipinski definition) is 6. The average molecular weight is 453 g/mol.